The van der Waals surface area contributed by atoms with Crippen molar-refractivity contribution in [2.75, 3.05) is 7.05 Å². The first-order valence-corrected chi connectivity index (χ1v) is 13.0. The van der Waals surface area contributed by atoms with Gasteiger partial charge in [0.1, 0.15) is 11.7 Å². The number of benzene rings is 3. The zero-order chi connectivity index (χ0) is 24.7. The molecule has 0 radical (unpaired) electrons. The highest BCUT2D eigenvalue weighted by Gasteiger charge is 2.63. The second kappa shape index (κ2) is 9.12. The number of carbonyl (C=O) groups excluding carboxylic acids is 2. The van der Waals surface area contributed by atoms with Crippen LogP contribution in [0.15, 0.2) is 84.9 Å². The lowest BCUT2D eigenvalue weighted by atomic mass is 9.61. The van der Waals surface area contributed by atoms with E-state index in [1.54, 1.807) is 4.90 Å². The summed E-state index contributed by atoms with van der Waals surface area (Å²) in [7, 11) is 1.84. The summed E-state index contributed by atoms with van der Waals surface area (Å²) in [5, 5.41) is 0. The molecule has 0 unspecified atom stereocenters. The molecule has 2 aliphatic heterocycles. The molecule has 1 aliphatic carbocycles. The monoisotopic (exact) mass is 480 g/mol. The average molecular weight is 481 g/mol. The minimum Gasteiger partial charge on any atom is -0.467 e. The zero-order valence-electron chi connectivity index (χ0n) is 20.7. The van der Waals surface area contributed by atoms with Crippen molar-refractivity contribution in [2.24, 2.45) is 11.8 Å². The number of nitrogens with zero attached hydrogens (tertiary/aromatic N) is 2. The molecule has 1 saturated carbocycles. The molecule has 5 heteroatoms. The van der Waals surface area contributed by atoms with E-state index in [0.717, 1.165) is 48.1 Å². The van der Waals surface area contributed by atoms with E-state index in [-0.39, 0.29) is 23.7 Å². The molecule has 2 amide bonds. The van der Waals surface area contributed by atoms with Gasteiger partial charge in [-0.2, -0.15) is 0 Å². The van der Waals surface area contributed by atoms with Crippen molar-refractivity contribution < 1.29 is 14.3 Å². The maximum atomic E-state index is 14.5. The van der Waals surface area contributed by atoms with Crippen LogP contribution in [0.2, 0.25) is 0 Å². The SMILES string of the molecule is CN1C(=O)[C@H](C(=O)N(Cc2ccccc2)Cc2ccccc2)[C@H]2c3ccccc3O[C@]13CCCC[C@H]23. The Morgan fingerprint density at radius 1 is 0.917 bits per heavy atom. The number of hydrogen-bond acceptors (Lipinski definition) is 3. The number of likely N-dealkylation sites (tertiary alicyclic amines) is 1. The molecule has 2 bridgehead atoms. The van der Waals surface area contributed by atoms with Gasteiger partial charge >= 0.3 is 0 Å². The van der Waals surface area contributed by atoms with Crippen molar-refractivity contribution in [1.82, 2.24) is 9.80 Å². The average Bonchev–Trinajstić information content (AvgIpc) is 2.92. The van der Waals surface area contributed by atoms with Crippen molar-refractivity contribution in [1.29, 1.82) is 0 Å². The summed E-state index contributed by atoms with van der Waals surface area (Å²) < 4.78 is 6.64. The fourth-order valence-corrected chi connectivity index (χ4v) is 6.72. The van der Waals surface area contributed by atoms with Gasteiger partial charge < -0.3 is 14.5 Å². The van der Waals surface area contributed by atoms with Crippen LogP contribution in [0.1, 0.15) is 48.3 Å². The van der Waals surface area contributed by atoms with Crippen LogP contribution >= 0.6 is 0 Å². The second-order valence-electron chi connectivity index (χ2n) is 10.4. The van der Waals surface area contributed by atoms with E-state index in [1.807, 2.05) is 90.8 Å². The molecular formula is C31H32N2O3. The fraction of sp³-hybridized carbons (Fsp3) is 0.355. The number of para-hydroxylation sites is 1. The summed E-state index contributed by atoms with van der Waals surface area (Å²) in [6.45, 7) is 0.922. The first-order chi connectivity index (χ1) is 17.6. The Morgan fingerprint density at radius 2 is 1.53 bits per heavy atom. The zero-order valence-corrected chi connectivity index (χ0v) is 20.7. The Labute approximate surface area is 212 Å². The normalized spacial score (nSPS) is 26.4. The lowest BCUT2D eigenvalue weighted by Gasteiger charge is -2.60. The standard InChI is InChI=1S/C31H32N2O3/c1-32-29(34)28(27-24-16-8-9-18-26(24)36-31(32)19-11-10-17-25(27)31)30(35)33(20-22-12-4-2-5-13-22)21-23-14-6-3-7-15-23/h2-9,12-16,18,25,27-28H,10-11,17,19-21H2,1H3/t25-,27+,28-,31+/m1/s1. The Bertz CT molecular complexity index is 1220. The van der Waals surface area contributed by atoms with Crippen molar-refractivity contribution in [3.63, 3.8) is 0 Å². The highest BCUT2D eigenvalue weighted by atomic mass is 16.5. The third-order valence-electron chi connectivity index (χ3n) is 8.41. The molecule has 0 N–H and O–H groups in total. The number of amides is 2. The topological polar surface area (TPSA) is 49.9 Å². The van der Waals surface area contributed by atoms with Gasteiger partial charge in [0, 0.05) is 38.4 Å². The first-order valence-electron chi connectivity index (χ1n) is 13.0. The number of piperidine rings is 1. The van der Waals surface area contributed by atoms with Crippen molar-refractivity contribution in [3.8, 4) is 5.75 Å². The van der Waals surface area contributed by atoms with E-state index in [9.17, 15) is 9.59 Å². The van der Waals surface area contributed by atoms with Crippen LogP contribution in [0.5, 0.6) is 5.75 Å². The molecule has 3 aromatic carbocycles. The molecule has 6 rings (SSSR count). The Hall–Kier alpha value is -3.60. The molecule has 0 spiro atoms. The molecule has 36 heavy (non-hydrogen) atoms. The summed E-state index contributed by atoms with van der Waals surface area (Å²) in [6.07, 6.45) is 3.88. The van der Waals surface area contributed by atoms with Gasteiger partial charge in [0.15, 0.2) is 5.72 Å². The predicted octanol–water partition coefficient (Wildman–Crippen LogP) is 5.37. The van der Waals surface area contributed by atoms with Crippen LogP contribution in [-0.2, 0) is 22.7 Å². The third-order valence-corrected chi connectivity index (χ3v) is 8.41. The van der Waals surface area contributed by atoms with Crippen LogP contribution in [0.4, 0.5) is 0 Å². The van der Waals surface area contributed by atoms with Crippen LogP contribution in [0, 0.1) is 11.8 Å². The second-order valence-corrected chi connectivity index (χ2v) is 10.4. The Kier molecular flexibility index (Phi) is 5.79. The van der Waals surface area contributed by atoms with E-state index in [1.165, 1.54) is 0 Å². The molecule has 5 nitrogen and oxygen atoms in total. The van der Waals surface area contributed by atoms with Gasteiger partial charge in [-0.15, -0.1) is 0 Å². The van der Waals surface area contributed by atoms with Gasteiger partial charge in [0.05, 0.1) is 0 Å². The molecule has 3 aliphatic rings. The Balaban J connectivity index is 1.43. The number of hydrogen-bond donors (Lipinski definition) is 0. The summed E-state index contributed by atoms with van der Waals surface area (Å²) in [4.78, 5) is 32.2. The lowest BCUT2D eigenvalue weighted by molar-refractivity contribution is -0.203. The number of fused-ring (bicyclic) bond motifs is 2. The fourth-order valence-electron chi connectivity index (χ4n) is 6.72. The van der Waals surface area contributed by atoms with E-state index in [4.69, 9.17) is 4.74 Å². The predicted molar refractivity (Wildman–Crippen MR) is 138 cm³/mol. The molecule has 2 heterocycles. The molecule has 0 aromatic heterocycles. The van der Waals surface area contributed by atoms with Crippen LogP contribution in [0.3, 0.4) is 0 Å². The minimum atomic E-state index is -0.760. The highest BCUT2D eigenvalue weighted by molar-refractivity contribution is 6.02. The number of carbonyl (C=O) groups is 2. The van der Waals surface area contributed by atoms with E-state index in [2.05, 4.69) is 6.07 Å². The number of rotatable bonds is 5. The Morgan fingerprint density at radius 3 is 2.19 bits per heavy atom. The third kappa shape index (κ3) is 3.69. The molecule has 4 atom stereocenters. The van der Waals surface area contributed by atoms with Gasteiger partial charge in [-0.1, -0.05) is 85.3 Å². The van der Waals surface area contributed by atoms with E-state index < -0.39 is 11.6 Å². The van der Waals surface area contributed by atoms with Gasteiger partial charge in [0.2, 0.25) is 11.8 Å². The van der Waals surface area contributed by atoms with Crippen molar-refractivity contribution in [2.45, 2.75) is 50.4 Å². The minimum absolute atomic E-state index is 0.0968. The summed E-state index contributed by atoms with van der Waals surface area (Å²) in [5.41, 5.74) is 2.45. The largest absolute Gasteiger partial charge is 0.467 e. The maximum absolute atomic E-state index is 14.5. The molecule has 2 fully saturated rings. The van der Waals surface area contributed by atoms with Gasteiger partial charge in [-0.3, -0.25) is 9.59 Å². The highest BCUT2D eigenvalue weighted by Crippen LogP contribution is 2.58. The van der Waals surface area contributed by atoms with Crippen molar-refractivity contribution in [3.05, 3.63) is 102 Å². The molecule has 1 saturated heterocycles. The van der Waals surface area contributed by atoms with E-state index in [0.29, 0.717) is 13.1 Å². The summed E-state index contributed by atoms with van der Waals surface area (Å²) in [5.74, 6) is -0.239. The smallest absolute Gasteiger partial charge is 0.238 e. The summed E-state index contributed by atoms with van der Waals surface area (Å²) in [6, 6.07) is 28.1. The number of ether oxygens (including phenoxy) is 1. The molecular weight excluding hydrogens is 448 g/mol. The van der Waals surface area contributed by atoms with Gasteiger partial charge in [-0.05, 0) is 35.6 Å². The van der Waals surface area contributed by atoms with Crippen LogP contribution in [0.25, 0.3) is 0 Å². The first kappa shape index (κ1) is 22.8. The van der Waals surface area contributed by atoms with Crippen molar-refractivity contribution >= 4 is 11.8 Å². The van der Waals surface area contributed by atoms with E-state index >= 15 is 0 Å². The van der Waals surface area contributed by atoms with Gasteiger partial charge in [-0.25, -0.2) is 0 Å². The maximum Gasteiger partial charge on any atom is 0.238 e. The quantitative estimate of drug-likeness (QED) is 0.462. The van der Waals surface area contributed by atoms with Gasteiger partial charge in [0.25, 0.3) is 0 Å². The lowest BCUT2D eigenvalue weighted by Crippen LogP contribution is -2.70. The molecule has 3 aromatic rings. The summed E-state index contributed by atoms with van der Waals surface area (Å²) >= 11 is 0. The van der Waals surface area contributed by atoms with Crippen LogP contribution < -0.4 is 4.74 Å². The molecule has 184 valence electrons. The van der Waals surface area contributed by atoms with Crippen LogP contribution in [-0.4, -0.2) is 34.4 Å².